The molecule has 3 aromatic heterocycles. The Morgan fingerprint density at radius 1 is 1.14 bits per heavy atom. The van der Waals surface area contributed by atoms with Gasteiger partial charge in [0.05, 0.1) is 5.69 Å². The van der Waals surface area contributed by atoms with Gasteiger partial charge in [-0.25, -0.2) is 17.7 Å². The van der Waals surface area contributed by atoms with Crippen molar-refractivity contribution in [1.29, 1.82) is 0 Å². The Bertz CT molecular complexity index is 1500. The fourth-order valence-electron chi connectivity index (χ4n) is 4.05. The highest BCUT2D eigenvalue weighted by molar-refractivity contribution is 7.89. The molecule has 3 aromatic rings. The van der Waals surface area contributed by atoms with Gasteiger partial charge in [0.1, 0.15) is 29.9 Å². The number of nitrogens with zero attached hydrogens (tertiary/aromatic N) is 4. The van der Waals surface area contributed by atoms with Crippen molar-refractivity contribution in [2.45, 2.75) is 63.4 Å². The largest absolute Gasteiger partial charge is 0.405 e. The molecular formula is C27H39F3N6O4SSi. The lowest BCUT2D eigenvalue weighted by Gasteiger charge is -2.23. The molecule has 232 valence electrons. The first-order valence-electron chi connectivity index (χ1n) is 13.4. The van der Waals surface area contributed by atoms with Crippen molar-refractivity contribution in [3.05, 3.63) is 36.9 Å². The van der Waals surface area contributed by atoms with Crippen molar-refractivity contribution in [2.75, 3.05) is 32.6 Å². The van der Waals surface area contributed by atoms with Crippen LogP contribution in [0.3, 0.4) is 0 Å². The fourth-order valence-corrected chi connectivity index (χ4v) is 5.68. The zero-order valence-electron chi connectivity index (χ0n) is 24.9. The average molecular weight is 629 g/mol. The standard InChI is InChI=1S/C27H39F3N6O4SSi/c1-18(2)24(26(37)33-16-27(28,29)30)34-20-10-19(12-31-13-20)23-15-36(17-40-8-9-42(5,6)7)25-22(23)11-21(14-32-25)41(38,39)35(3)4/h10-15,18,24,34H,8-9,16-17H2,1-7H3,(H,33,37). The monoisotopic (exact) mass is 628 g/mol. The number of hydrogen-bond donors (Lipinski definition) is 2. The molecule has 42 heavy (non-hydrogen) atoms. The number of rotatable bonds is 13. The summed E-state index contributed by atoms with van der Waals surface area (Å²) in [5.74, 6) is -1.12. The molecule has 1 amide bonds. The number of alkyl halides is 3. The number of amides is 1. The molecule has 1 atom stereocenters. The molecule has 15 heteroatoms. The van der Waals surface area contributed by atoms with Gasteiger partial charge in [-0.05, 0) is 24.1 Å². The van der Waals surface area contributed by atoms with E-state index in [1.54, 1.807) is 42.9 Å². The Labute approximate surface area is 245 Å². The summed E-state index contributed by atoms with van der Waals surface area (Å²) in [4.78, 5) is 21.3. The van der Waals surface area contributed by atoms with E-state index in [0.29, 0.717) is 34.5 Å². The molecule has 0 saturated heterocycles. The number of halogens is 3. The van der Waals surface area contributed by atoms with Crippen LogP contribution in [0.5, 0.6) is 0 Å². The Balaban J connectivity index is 2.00. The molecule has 3 rings (SSSR count). The third kappa shape index (κ3) is 8.75. The number of carbonyl (C=O) groups is 1. The second-order valence-electron chi connectivity index (χ2n) is 11.9. The highest BCUT2D eigenvalue weighted by atomic mass is 32.2. The maximum atomic E-state index is 12.9. The number of carbonyl (C=O) groups excluding carboxylic acids is 1. The van der Waals surface area contributed by atoms with Crippen molar-refractivity contribution in [3.63, 3.8) is 0 Å². The molecule has 10 nitrogen and oxygen atoms in total. The van der Waals surface area contributed by atoms with Crippen LogP contribution >= 0.6 is 0 Å². The van der Waals surface area contributed by atoms with E-state index in [9.17, 15) is 26.4 Å². The quantitative estimate of drug-likeness (QED) is 0.207. The molecule has 0 aromatic carbocycles. The number of nitrogens with one attached hydrogen (secondary N) is 2. The topological polar surface area (TPSA) is 118 Å². The maximum Gasteiger partial charge on any atom is 0.405 e. The van der Waals surface area contributed by atoms with Gasteiger partial charge in [0.15, 0.2) is 0 Å². The van der Waals surface area contributed by atoms with Crippen LogP contribution in [0.15, 0.2) is 41.8 Å². The molecule has 3 heterocycles. The first-order valence-corrected chi connectivity index (χ1v) is 18.6. The van der Waals surface area contributed by atoms with E-state index >= 15 is 0 Å². The number of anilines is 1. The number of hydrogen-bond acceptors (Lipinski definition) is 7. The van der Waals surface area contributed by atoms with E-state index in [4.69, 9.17) is 4.74 Å². The fraction of sp³-hybridized carbons (Fsp3) is 0.519. The summed E-state index contributed by atoms with van der Waals surface area (Å²) in [6, 6.07) is 3.28. The van der Waals surface area contributed by atoms with Crippen molar-refractivity contribution < 1.29 is 31.1 Å². The molecule has 1 unspecified atom stereocenters. The van der Waals surface area contributed by atoms with Crippen LogP contribution < -0.4 is 10.6 Å². The van der Waals surface area contributed by atoms with E-state index in [2.05, 4.69) is 34.9 Å². The van der Waals surface area contributed by atoms with E-state index < -0.39 is 42.8 Å². The van der Waals surface area contributed by atoms with Crippen LogP contribution in [0.1, 0.15) is 13.8 Å². The SMILES string of the molecule is CC(C)C(Nc1cncc(-c2cn(COCC[Si](C)(C)C)c3ncc(S(=O)(=O)N(C)C)cc23)c1)C(=O)NCC(F)(F)F. The van der Waals surface area contributed by atoms with Crippen LogP contribution in [-0.2, 0) is 26.3 Å². The smallest absolute Gasteiger partial charge is 0.372 e. The lowest BCUT2D eigenvalue weighted by molar-refractivity contribution is -0.139. The van der Waals surface area contributed by atoms with Crippen molar-refractivity contribution >= 4 is 40.7 Å². The summed E-state index contributed by atoms with van der Waals surface area (Å²) >= 11 is 0. The predicted molar refractivity (Wildman–Crippen MR) is 159 cm³/mol. The second-order valence-corrected chi connectivity index (χ2v) is 19.6. The number of aromatic nitrogens is 3. The molecule has 0 saturated carbocycles. The van der Waals surface area contributed by atoms with Crippen LogP contribution in [0.2, 0.25) is 25.7 Å². The van der Waals surface area contributed by atoms with Gasteiger partial charge in [0.25, 0.3) is 0 Å². The maximum absolute atomic E-state index is 12.9. The summed E-state index contributed by atoms with van der Waals surface area (Å²) in [5.41, 5.74) is 2.14. The zero-order valence-corrected chi connectivity index (χ0v) is 26.7. The van der Waals surface area contributed by atoms with Crippen LogP contribution in [-0.4, -0.2) is 80.7 Å². The number of fused-ring (bicyclic) bond motifs is 1. The molecule has 0 fully saturated rings. The summed E-state index contributed by atoms with van der Waals surface area (Å²) in [7, 11) is -2.20. The zero-order chi connectivity index (χ0) is 31.5. The minimum atomic E-state index is -4.53. The predicted octanol–water partition coefficient (Wildman–Crippen LogP) is 4.78. The molecule has 0 spiro atoms. The molecule has 0 aliphatic carbocycles. The summed E-state index contributed by atoms with van der Waals surface area (Å²) in [6.07, 6.45) is 1.63. The van der Waals surface area contributed by atoms with Crippen molar-refractivity contribution in [1.82, 2.24) is 24.2 Å². The van der Waals surface area contributed by atoms with Gasteiger partial charge < -0.3 is 19.9 Å². The van der Waals surface area contributed by atoms with Crippen LogP contribution in [0.4, 0.5) is 18.9 Å². The number of ether oxygens (including phenoxy) is 1. The molecule has 2 N–H and O–H groups in total. The molecule has 0 aliphatic heterocycles. The Kier molecular flexibility index (Phi) is 10.4. The first-order chi connectivity index (χ1) is 19.4. The molecule has 0 radical (unpaired) electrons. The molecule has 0 aliphatic rings. The van der Waals surface area contributed by atoms with Crippen molar-refractivity contribution in [2.24, 2.45) is 5.92 Å². The Morgan fingerprint density at radius 3 is 2.43 bits per heavy atom. The first kappa shape index (κ1) is 33.5. The van der Waals surface area contributed by atoms with Gasteiger partial charge in [-0.2, -0.15) is 13.2 Å². The Hall–Kier alpha value is -3.01. The normalized spacial score (nSPS) is 13.6. The lowest BCUT2D eigenvalue weighted by Crippen LogP contribution is -2.46. The van der Waals surface area contributed by atoms with Gasteiger partial charge in [0, 0.05) is 70.1 Å². The van der Waals surface area contributed by atoms with E-state index in [1.165, 1.54) is 26.5 Å². The lowest BCUT2D eigenvalue weighted by atomic mass is 10.0. The van der Waals surface area contributed by atoms with Gasteiger partial charge in [0.2, 0.25) is 15.9 Å². The van der Waals surface area contributed by atoms with Crippen LogP contribution in [0, 0.1) is 5.92 Å². The minimum Gasteiger partial charge on any atom is -0.372 e. The van der Waals surface area contributed by atoms with E-state index in [1.807, 2.05) is 5.32 Å². The number of pyridine rings is 2. The summed E-state index contributed by atoms with van der Waals surface area (Å²) in [5, 5.41) is 5.48. The van der Waals surface area contributed by atoms with E-state index in [-0.39, 0.29) is 17.5 Å². The van der Waals surface area contributed by atoms with E-state index in [0.717, 1.165) is 10.3 Å². The van der Waals surface area contributed by atoms with Gasteiger partial charge in [-0.15, -0.1) is 0 Å². The third-order valence-electron chi connectivity index (χ3n) is 6.48. The highest BCUT2D eigenvalue weighted by Crippen LogP contribution is 2.33. The molecule has 0 bridgehead atoms. The van der Waals surface area contributed by atoms with Crippen molar-refractivity contribution in [3.8, 4) is 11.1 Å². The highest BCUT2D eigenvalue weighted by Gasteiger charge is 2.31. The van der Waals surface area contributed by atoms with Gasteiger partial charge in [-0.3, -0.25) is 9.78 Å². The Morgan fingerprint density at radius 2 is 1.83 bits per heavy atom. The molecular weight excluding hydrogens is 589 g/mol. The second kappa shape index (κ2) is 13.1. The number of sulfonamides is 1. The van der Waals surface area contributed by atoms with Gasteiger partial charge >= 0.3 is 6.18 Å². The summed E-state index contributed by atoms with van der Waals surface area (Å²) in [6.45, 7) is 9.55. The van der Waals surface area contributed by atoms with Gasteiger partial charge in [-0.1, -0.05) is 33.5 Å². The van der Waals surface area contributed by atoms with Crippen LogP contribution in [0.25, 0.3) is 22.2 Å². The summed E-state index contributed by atoms with van der Waals surface area (Å²) < 4.78 is 72.6. The minimum absolute atomic E-state index is 0.0158. The third-order valence-corrected chi connectivity index (χ3v) is 9.96. The average Bonchev–Trinajstić information content (AvgIpc) is 3.25.